The maximum Gasteiger partial charge on any atom is -0.00206 e. The summed E-state index contributed by atoms with van der Waals surface area (Å²) in [5, 5.41) is 4.15. The number of thiophene rings is 1. The van der Waals surface area contributed by atoms with Crippen molar-refractivity contribution in [3.8, 4) is 0 Å². The molecule has 0 N–H and O–H groups in total. The lowest BCUT2D eigenvalue weighted by Gasteiger charge is -1.74. The molecular weight excluding hydrogens is 184 g/mol. The quantitative estimate of drug-likeness (QED) is 0.636. The van der Waals surface area contributed by atoms with Gasteiger partial charge in [-0.15, -0.1) is 0 Å². The van der Waals surface area contributed by atoms with E-state index in [2.05, 4.69) is 32.8 Å². The first kappa shape index (κ1) is 6.05. The summed E-state index contributed by atoms with van der Waals surface area (Å²) in [6.45, 7) is 0. The van der Waals surface area contributed by atoms with Gasteiger partial charge in [-0.2, -0.15) is 11.3 Å². The van der Waals surface area contributed by atoms with Gasteiger partial charge >= 0.3 is 0 Å². The van der Waals surface area contributed by atoms with E-state index >= 15 is 0 Å². The molecule has 0 aliphatic heterocycles. The van der Waals surface area contributed by atoms with E-state index in [1.54, 1.807) is 11.3 Å². The van der Waals surface area contributed by atoms with Crippen molar-refractivity contribution in [3.63, 3.8) is 0 Å². The summed E-state index contributed by atoms with van der Waals surface area (Å²) < 4.78 is 0. The standard InChI is InChI=1S/C6H5BrS/c7-3-1-6-2-4-8-5-6/h1-5H. The van der Waals surface area contributed by atoms with Crippen LogP contribution in [0.25, 0.3) is 6.08 Å². The van der Waals surface area contributed by atoms with Gasteiger partial charge in [-0.3, -0.25) is 0 Å². The zero-order valence-electron chi connectivity index (χ0n) is 4.17. The summed E-state index contributed by atoms with van der Waals surface area (Å²) in [6.07, 6.45) is 2.01. The van der Waals surface area contributed by atoms with Crippen LogP contribution in [0.2, 0.25) is 0 Å². The molecule has 0 aliphatic carbocycles. The Morgan fingerprint density at radius 1 is 1.62 bits per heavy atom. The zero-order valence-corrected chi connectivity index (χ0v) is 6.58. The Bertz CT molecular complexity index is 165. The van der Waals surface area contributed by atoms with Crippen molar-refractivity contribution in [2.45, 2.75) is 0 Å². The van der Waals surface area contributed by atoms with Crippen LogP contribution < -0.4 is 0 Å². The summed E-state index contributed by atoms with van der Waals surface area (Å²) in [5.74, 6) is 0. The Kier molecular flexibility index (Phi) is 2.30. The molecule has 0 saturated heterocycles. The van der Waals surface area contributed by atoms with E-state index in [-0.39, 0.29) is 0 Å². The highest BCUT2D eigenvalue weighted by Crippen LogP contribution is 2.07. The fourth-order valence-electron chi connectivity index (χ4n) is 0.443. The second-order valence-electron chi connectivity index (χ2n) is 1.35. The van der Waals surface area contributed by atoms with E-state index in [1.165, 1.54) is 5.56 Å². The SMILES string of the molecule is BrC=Cc1ccsc1. The molecule has 2 heteroatoms. The van der Waals surface area contributed by atoms with Crippen LogP contribution in [0.3, 0.4) is 0 Å². The second-order valence-corrected chi connectivity index (χ2v) is 2.66. The van der Waals surface area contributed by atoms with Gasteiger partial charge < -0.3 is 0 Å². The minimum Gasteiger partial charge on any atom is -0.152 e. The third kappa shape index (κ3) is 1.46. The molecule has 0 unspecified atom stereocenters. The predicted octanol–water partition coefficient (Wildman–Crippen LogP) is 3.11. The summed E-state index contributed by atoms with van der Waals surface area (Å²) in [4.78, 5) is 1.86. The van der Waals surface area contributed by atoms with Crippen molar-refractivity contribution in [1.82, 2.24) is 0 Å². The van der Waals surface area contributed by atoms with E-state index < -0.39 is 0 Å². The first-order valence-corrected chi connectivity index (χ1v) is 4.08. The van der Waals surface area contributed by atoms with Crippen molar-refractivity contribution in [3.05, 3.63) is 27.4 Å². The van der Waals surface area contributed by atoms with Gasteiger partial charge in [-0.05, 0) is 33.5 Å². The van der Waals surface area contributed by atoms with Gasteiger partial charge in [0.1, 0.15) is 0 Å². The normalized spacial score (nSPS) is 10.6. The van der Waals surface area contributed by atoms with Crippen LogP contribution in [0.1, 0.15) is 5.56 Å². The fraction of sp³-hybridized carbons (Fsp3) is 0. The van der Waals surface area contributed by atoms with Gasteiger partial charge in [0.25, 0.3) is 0 Å². The van der Waals surface area contributed by atoms with E-state index in [0.717, 1.165) is 0 Å². The van der Waals surface area contributed by atoms with Crippen LogP contribution in [-0.4, -0.2) is 0 Å². The average Bonchev–Trinajstić information content (AvgIpc) is 2.19. The second kappa shape index (κ2) is 3.05. The molecule has 0 aromatic carbocycles. The van der Waals surface area contributed by atoms with Crippen molar-refractivity contribution in [2.24, 2.45) is 0 Å². The summed E-state index contributed by atoms with van der Waals surface area (Å²) in [7, 11) is 0. The van der Waals surface area contributed by atoms with Gasteiger partial charge in [0.05, 0.1) is 0 Å². The number of halogens is 1. The van der Waals surface area contributed by atoms with E-state index in [1.807, 2.05) is 11.1 Å². The molecule has 0 spiro atoms. The molecular formula is C6H5BrS. The monoisotopic (exact) mass is 188 g/mol. The molecule has 0 atom stereocenters. The molecule has 8 heavy (non-hydrogen) atoms. The smallest absolute Gasteiger partial charge is 0.00206 e. The Labute approximate surface area is 61.0 Å². The highest BCUT2D eigenvalue weighted by atomic mass is 79.9. The van der Waals surface area contributed by atoms with Crippen LogP contribution in [0.15, 0.2) is 21.8 Å². The third-order valence-electron chi connectivity index (χ3n) is 0.799. The van der Waals surface area contributed by atoms with Crippen molar-refractivity contribution >= 4 is 33.3 Å². The predicted molar refractivity (Wildman–Crippen MR) is 42.3 cm³/mol. The van der Waals surface area contributed by atoms with Gasteiger partial charge in [-0.25, -0.2) is 0 Å². The van der Waals surface area contributed by atoms with Crippen LogP contribution >= 0.6 is 27.3 Å². The maximum atomic E-state index is 3.19. The zero-order chi connectivity index (χ0) is 5.82. The van der Waals surface area contributed by atoms with Crippen LogP contribution in [0, 0.1) is 0 Å². The van der Waals surface area contributed by atoms with Gasteiger partial charge in [-0.1, -0.05) is 15.9 Å². The number of rotatable bonds is 1. The Hall–Kier alpha value is -0.0800. The molecule has 1 aromatic rings. The lowest BCUT2D eigenvalue weighted by molar-refractivity contribution is 1.90. The Morgan fingerprint density at radius 3 is 3.00 bits per heavy atom. The molecule has 0 nitrogen and oxygen atoms in total. The Balaban J connectivity index is 2.77. The fourth-order valence-corrected chi connectivity index (χ4v) is 1.38. The minimum atomic E-state index is 1.26. The highest BCUT2D eigenvalue weighted by molar-refractivity contribution is 9.11. The minimum absolute atomic E-state index is 1.26. The largest absolute Gasteiger partial charge is 0.152 e. The van der Waals surface area contributed by atoms with Gasteiger partial charge in [0, 0.05) is 0 Å². The van der Waals surface area contributed by atoms with Crippen LogP contribution in [-0.2, 0) is 0 Å². The number of hydrogen-bond donors (Lipinski definition) is 0. The van der Waals surface area contributed by atoms with Crippen LogP contribution in [0.4, 0.5) is 0 Å². The topological polar surface area (TPSA) is 0 Å². The molecule has 0 radical (unpaired) electrons. The first-order chi connectivity index (χ1) is 3.93. The lowest BCUT2D eigenvalue weighted by atomic mass is 10.3. The molecule has 0 aliphatic rings. The summed E-state index contributed by atoms with van der Waals surface area (Å²) >= 11 is 4.90. The van der Waals surface area contributed by atoms with E-state index in [9.17, 15) is 0 Å². The number of hydrogen-bond acceptors (Lipinski definition) is 1. The van der Waals surface area contributed by atoms with Crippen molar-refractivity contribution < 1.29 is 0 Å². The van der Waals surface area contributed by atoms with Crippen molar-refractivity contribution in [1.29, 1.82) is 0 Å². The van der Waals surface area contributed by atoms with Crippen molar-refractivity contribution in [2.75, 3.05) is 0 Å². The van der Waals surface area contributed by atoms with E-state index in [4.69, 9.17) is 0 Å². The molecule has 0 fully saturated rings. The first-order valence-electron chi connectivity index (χ1n) is 2.22. The van der Waals surface area contributed by atoms with Gasteiger partial charge in [0.2, 0.25) is 0 Å². The highest BCUT2D eigenvalue weighted by Gasteiger charge is 1.80. The molecule has 0 saturated carbocycles. The molecule has 0 amide bonds. The molecule has 1 aromatic heterocycles. The molecule has 42 valence electrons. The van der Waals surface area contributed by atoms with Crippen LogP contribution in [0.5, 0.6) is 0 Å². The van der Waals surface area contributed by atoms with Gasteiger partial charge in [0.15, 0.2) is 0 Å². The average molecular weight is 189 g/mol. The maximum absolute atomic E-state index is 3.19. The lowest BCUT2D eigenvalue weighted by Crippen LogP contribution is -1.52. The summed E-state index contributed by atoms with van der Waals surface area (Å²) in [5.41, 5.74) is 1.26. The molecule has 1 heterocycles. The summed E-state index contributed by atoms with van der Waals surface area (Å²) in [6, 6.07) is 2.07. The third-order valence-corrected chi connectivity index (χ3v) is 1.76. The van der Waals surface area contributed by atoms with E-state index in [0.29, 0.717) is 0 Å². The molecule has 1 rings (SSSR count). The Morgan fingerprint density at radius 2 is 2.50 bits per heavy atom. The molecule has 0 bridgehead atoms.